The molecule has 0 aromatic rings. The van der Waals surface area contributed by atoms with Crippen molar-refractivity contribution in [3.63, 3.8) is 0 Å². The van der Waals surface area contributed by atoms with Crippen LogP contribution in [0.2, 0.25) is 0 Å². The number of amides is 1. The fourth-order valence-corrected chi connectivity index (χ4v) is 3.60. The van der Waals surface area contributed by atoms with Crippen LogP contribution in [0.1, 0.15) is 38.5 Å². The molecule has 3 rings (SSSR count). The zero-order chi connectivity index (χ0) is 14.5. The zero-order valence-corrected chi connectivity index (χ0v) is 12.7. The van der Waals surface area contributed by atoms with E-state index in [1.807, 2.05) is 0 Å². The van der Waals surface area contributed by atoms with Gasteiger partial charge in [-0.05, 0) is 25.8 Å². The summed E-state index contributed by atoms with van der Waals surface area (Å²) >= 11 is 0. The van der Waals surface area contributed by atoms with Crippen LogP contribution in [-0.2, 0) is 14.3 Å². The average Bonchev–Trinajstić information content (AvgIpc) is 3.04. The zero-order valence-electron chi connectivity index (χ0n) is 12.7. The molecular weight excluding hydrogens is 268 g/mol. The van der Waals surface area contributed by atoms with Gasteiger partial charge in [-0.2, -0.15) is 0 Å². The van der Waals surface area contributed by atoms with Gasteiger partial charge in [-0.25, -0.2) is 0 Å². The van der Waals surface area contributed by atoms with E-state index < -0.39 is 0 Å². The topological polar surface area (TPSA) is 50.8 Å². The quantitative estimate of drug-likeness (QED) is 0.856. The highest BCUT2D eigenvalue weighted by Gasteiger charge is 2.32. The summed E-state index contributed by atoms with van der Waals surface area (Å²) in [5.74, 6) is 1.01. The number of hydrogen-bond donors (Lipinski definition) is 1. The Morgan fingerprint density at radius 3 is 2.86 bits per heavy atom. The Morgan fingerprint density at radius 1 is 1.24 bits per heavy atom. The molecule has 5 nitrogen and oxygen atoms in total. The Balaban J connectivity index is 1.42. The van der Waals surface area contributed by atoms with Gasteiger partial charge in [0.25, 0.3) is 0 Å². The molecule has 0 aromatic heterocycles. The maximum atomic E-state index is 12.3. The third-order valence-electron chi connectivity index (χ3n) is 4.82. The van der Waals surface area contributed by atoms with Crippen molar-refractivity contribution in [3.8, 4) is 0 Å². The number of hydrogen-bond acceptors (Lipinski definition) is 4. The maximum Gasteiger partial charge on any atom is 0.224 e. The lowest BCUT2D eigenvalue weighted by molar-refractivity contribution is -0.124. The fourth-order valence-electron chi connectivity index (χ4n) is 3.60. The molecule has 1 aliphatic carbocycles. The number of carbonyl (C=O) groups excluding carboxylic acids is 1. The van der Waals surface area contributed by atoms with Crippen molar-refractivity contribution >= 4 is 5.91 Å². The molecule has 1 N–H and O–H groups in total. The second-order valence-corrected chi connectivity index (χ2v) is 6.29. The summed E-state index contributed by atoms with van der Waals surface area (Å²) in [4.78, 5) is 14.8. The lowest BCUT2D eigenvalue weighted by atomic mass is 9.94. The molecule has 0 radical (unpaired) electrons. The van der Waals surface area contributed by atoms with Crippen LogP contribution in [0.5, 0.6) is 0 Å². The van der Waals surface area contributed by atoms with Crippen LogP contribution in [0.25, 0.3) is 0 Å². The molecular formula is C16H26N2O3. The minimum Gasteiger partial charge on any atom is -0.494 e. The third kappa shape index (κ3) is 3.90. The van der Waals surface area contributed by atoms with E-state index in [1.54, 1.807) is 6.26 Å². The minimum atomic E-state index is 0.136. The monoisotopic (exact) mass is 294 g/mol. The van der Waals surface area contributed by atoms with Gasteiger partial charge in [0, 0.05) is 12.6 Å². The summed E-state index contributed by atoms with van der Waals surface area (Å²) in [5.41, 5.74) is 0. The SMILES string of the molecule is O=C(NCC1=COCCO1)C1CCN(C2CCCCC2)C1. The van der Waals surface area contributed by atoms with Crippen LogP contribution in [0.4, 0.5) is 0 Å². The van der Waals surface area contributed by atoms with E-state index in [-0.39, 0.29) is 11.8 Å². The predicted octanol–water partition coefficient (Wildman–Crippen LogP) is 1.65. The number of rotatable bonds is 4. The highest BCUT2D eigenvalue weighted by atomic mass is 16.6. The number of likely N-dealkylation sites (tertiary alicyclic amines) is 1. The van der Waals surface area contributed by atoms with Crippen molar-refractivity contribution in [1.82, 2.24) is 10.2 Å². The first-order valence-electron chi connectivity index (χ1n) is 8.28. The van der Waals surface area contributed by atoms with Gasteiger partial charge in [-0.1, -0.05) is 19.3 Å². The van der Waals surface area contributed by atoms with E-state index in [4.69, 9.17) is 9.47 Å². The first-order chi connectivity index (χ1) is 10.3. The van der Waals surface area contributed by atoms with Gasteiger partial charge in [0.15, 0.2) is 0 Å². The molecule has 1 saturated carbocycles. The molecule has 118 valence electrons. The summed E-state index contributed by atoms with van der Waals surface area (Å²) in [6, 6.07) is 0.717. The van der Waals surface area contributed by atoms with Gasteiger partial charge in [-0.15, -0.1) is 0 Å². The van der Waals surface area contributed by atoms with Gasteiger partial charge < -0.3 is 14.8 Å². The van der Waals surface area contributed by atoms with Gasteiger partial charge in [0.2, 0.25) is 5.91 Å². The van der Waals surface area contributed by atoms with Gasteiger partial charge in [0.05, 0.1) is 12.5 Å². The summed E-state index contributed by atoms with van der Waals surface area (Å²) < 4.78 is 10.6. The van der Waals surface area contributed by atoms with E-state index in [0.29, 0.717) is 25.8 Å². The van der Waals surface area contributed by atoms with Crippen LogP contribution < -0.4 is 5.32 Å². The van der Waals surface area contributed by atoms with E-state index >= 15 is 0 Å². The Labute approximate surface area is 126 Å². The molecule has 1 unspecified atom stereocenters. The van der Waals surface area contributed by atoms with Crippen LogP contribution >= 0.6 is 0 Å². The highest BCUT2D eigenvalue weighted by Crippen LogP contribution is 2.27. The second kappa shape index (κ2) is 7.16. The standard InChI is InChI=1S/C16H26N2O3/c19-16(17-10-15-12-20-8-9-21-15)13-6-7-18(11-13)14-4-2-1-3-5-14/h12-14H,1-11H2,(H,17,19). The van der Waals surface area contributed by atoms with Gasteiger partial charge in [0.1, 0.15) is 25.2 Å². The average molecular weight is 294 g/mol. The van der Waals surface area contributed by atoms with Crippen LogP contribution in [0.15, 0.2) is 12.0 Å². The normalized spacial score (nSPS) is 27.6. The molecule has 1 amide bonds. The molecule has 21 heavy (non-hydrogen) atoms. The van der Waals surface area contributed by atoms with Gasteiger partial charge >= 0.3 is 0 Å². The molecule has 0 bridgehead atoms. The number of nitrogens with zero attached hydrogens (tertiary/aromatic N) is 1. The summed E-state index contributed by atoms with van der Waals surface area (Å²) in [7, 11) is 0. The van der Waals surface area contributed by atoms with E-state index in [9.17, 15) is 4.79 Å². The van der Waals surface area contributed by atoms with Crippen LogP contribution in [0.3, 0.4) is 0 Å². The Hall–Kier alpha value is -1.23. The Bertz CT molecular complexity index is 391. The van der Waals surface area contributed by atoms with Crippen molar-refractivity contribution in [2.75, 3.05) is 32.8 Å². The molecule has 2 fully saturated rings. The molecule has 5 heteroatoms. The molecule has 2 heterocycles. The van der Waals surface area contributed by atoms with E-state index in [1.165, 1.54) is 32.1 Å². The second-order valence-electron chi connectivity index (χ2n) is 6.29. The first-order valence-corrected chi connectivity index (χ1v) is 8.28. The Morgan fingerprint density at radius 2 is 2.10 bits per heavy atom. The molecule has 1 saturated heterocycles. The number of ether oxygens (including phenoxy) is 2. The lowest BCUT2D eigenvalue weighted by Gasteiger charge is -2.30. The van der Waals surface area contributed by atoms with Crippen molar-refractivity contribution in [2.45, 2.75) is 44.6 Å². The third-order valence-corrected chi connectivity index (χ3v) is 4.82. The van der Waals surface area contributed by atoms with Crippen LogP contribution in [0, 0.1) is 5.92 Å². The lowest BCUT2D eigenvalue weighted by Crippen LogP contribution is -2.38. The first kappa shape index (κ1) is 14.7. The van der Waals surface area contributed by atoms with Crippen molar-refractivity contribution in [3.05, 3.63) is 12.0 Å². The van der Waals surface area contributed by atoms with Crippen molar-refractivity contribution in [2.24, 2.45) is 5.92 Å². The molecule has 0 spiro atoms. The predicted molar refractivity (Wildman–Crippen MR) is 79.5 cm³/mol. The van der Waals surface area contributed by atoms with E-state index in [2.05, 4.69) is 10.2 Å². The molecule has 1 atom stereocenters. The number of carbonyl (C=O) groups is 1. The smallest absolute Gasteiger partial charge is 0.224 e. The number of nitrogens with one attached hydrogen (secondary N) is 1. The molecule has 2 aliphatic heterocycles. The molecule has 3 aliphatic rings. The maximum absolute atomic E-state index is 12.3. The minimum absolute atomic E-state index is 0.136. The van der Waals surface area contributed by atoms with E-state index in [0.717, 1.165) is 25.3 Å². The van der Waals surface area contributed by atoms with Gasteiger partial charge in [-0.3, -0.25) is 9.69 Å². The summed E-state index contributed by atoms with van der Waals surface area (Å²) in [5, 5.41) is 2.98. The largest absolute Gasteiger partial charge is 0.494 e. The van der Waals surface area contributed by atoms with Crippen LogP contribution in [-0.4, -0.2) is 49.7 Å². The summed E-state index contributed by atoms with van der Waals surface area (Å²) in [6.07, 6.45) is 9.29. The fraction of sp³-hybridized carbons (Fsp3) is 0.812. The highest BCUT2D eigenvalue weighted by molar-refractivity contribution is 5.79. The van der Waals surface area contributed by atoms with Crippen molar-refractivity contribution < 1.29 is 14.3 Å². The van der Waals surface area contributed by atoms with Crippen molar-refractivity contribution in [1.29, 1.82) is 0 Å². The Kier molecular flexibility index (Phi) is 5.01. The molecule has 0 aromatic carbocycles. The summed E-state index contributed by atoms with van der Waals surface area (Å²) in [6.45, 7) is 3.60.